The van der Waals surface area contributed by atoms with Crippen LogP contribution in [0.15, 0.2) is 47.8 Å². The molecule has 0 saturated carbocycles. The van der Waals surface area contributed by atoms with E-state index in [9.17, 15) is 9.18 Å². The van der Waals surface area contributed by atoms with E-state index in [1.165, 1.54) is 12.2 Å². The van der Waals surface area contributed by atoms with Crippen molar-refractivity contribution in [1.82, 2.24) is 0 Å². The lowest BCUT2D eigenvalue weighted by Gasteiger charge is -2.32. The van der Waals surface area contributed by atoms with Gasteiger partial charge in [-0.2, -0.15) is 0 Å². The minimum absolute atomic E-state index is 0.299. The predicted molar refractivity (Wildman–Crippen MR) is 119 cm³/mol. The van der Waals surface area contributed by atoms with Crippen molar-refractivity contribution in [3.8, 4) is 11.5 Å². The number of rotatable bonds is 7. The minimum Gasteiger partial charge on any atom is -0.496 e. The first-order valence-electron chi connectivity index (χ1n) is 10.1. The summed E-state index contributed by atoms with van der Waals surface area (Å²) in [6, 6.07) is 3.74. The third-order valence-electron chi connectivity index (χ3n) is 4.81. The van der Waals surface area contributed by atoms with Gasteiger partial charge in [0.1, 0.15) is 22.9 Å². The molecule has 162 valence electrons. The molecule has 0 aliphatic carbocycles. The van der Waals surface area contributed by atoms with Crippen molar-refractivity contribution in [2.75, 3.05) is 13.7 Å². The quantitative estimate of drug-likeness (QED) is 0.293. The van der Waals surface area contributed by atoms with Crippen molar-refractivity contribution >= 4 is 17.1 Å². The molecule has 1 aliphatic heterocycles. The van der Waals surface area contributed by atoms with E-state index in [0.29, 0.717) is 29.1 Å². The second-order valence-electron chi connectivity index (χ2n) is 7.72. The van der Waals surface area contributed by atoms with Crippen LogP contribution < -0.4 is 9.47 Å². The second kappa shape index (κ2) is 9.79. The van der Waals surface area contributed by atoms with Gasteiger partial charge in [-0.3, -0.25) is 0 Å². The van der Waals surface area contributed by atoms with Crippen LogP contribution in [0.25, 0.3) is 11.1 Å². The molecule has 0 radical (unpaired) electrons. The van der Waals surface area contributed by atoms with Gasteiger partial charge in [0, 0.05) is 23.3 Å². The first-order chi connectivity index (χ1) is 14.1. The van der Waals surface area contributed by atoms with Crippen LogP contribution in [0.5, 0.6) is 11.5 Å². The highest BCUT2D eigenvalue weighted by molar-refractivity contribution is 5.83. The number of carbonyl (C=O) groups excluding carboxylic acids is 1. The molecule has 0 fully saturated rings. The molecule has 1 aromatic carbocycles. The highest BCUT2D eigenvalue weighted by atomic mass is 19.1. The molecule has 4 nitrogen and oxygen atoms in total. The minimum atomic E-state index is -0.445. The summed E-state index contributed by atoms with van der Waals surface area (Å²) in [5.41, 5.74) is 3.39. The highest BCUT2D eigenvalue weighted by Crippen LogP contribution is 2.43. The van der Waals surface area contributed by atoms with Crippen molar-refractivity contribution in [3.05, 3.63) is 59.0 Å². The maximum Gasteiger partial charge on any atom is 0.330 e. The number of methoxy groups -OCH3 is 1. The van der Waals surface area contributed by atoms with Gasteiger partial charge >= 0.3 is 5.97 Å². The summed E-state index contributed by atoms with van der Waals surface area (Å²) in [5, 5.41) is 0. The molecule has 2 rings (SSSR count). The number of benzene rings is 1. The van der Waals surface area contributed by atoms with Crippen LogP contribution in [0, 0.1) is 0 Å². The number of allylic oxidation sites excluding steroid dienone is 6. The van der Waals surface area contributed by atoms with Gasteiger partial charge in [0.2, 0.25) is 0 Å². The zero-order chi connectivity index (χ0) is 22.5. The SMILES string of the molecule is CCOC(=O)/C=C(C)/C=C/C(F)=C(/C)c1cc2c(cc1OC)OC(C)(C)C=C2CC. The van der Waals surface area contributed by atoms with Gasteiger partial charge in [-0.15, -0.1) is 0 Å². The van der Waals surface area contributed by atoms with Crippen molar-refractivity contribution < 1.29 is 23.4 Å². The number of ether oxygens (including phenoxy) is 3. The molecule has 0 amide bonds. The second-order valence-corrected chi connectivity index (χ2v) is 7.72. The van der Waals surface area contributed by atoms with Crippen LogP contribution in [-0.2, 0) is 9.53 Å². The van der Waals surface area contributed by atoms with Crippen molar-refractivity contribution in [1.29, 1.82) is 0 Å². The number of esters is 1. The topological polar surface area (TPSA) is 44.8 Å². The van der Waals surface area contributed by atoms with Crippen LogP contribution in [0.1, 0.15) is 59.1 Å². The smallest absolute Gasteiger partial charge is 0.330 e. The zero-order valence-electron chi connectivity index (χ0n) is 18.9. The van der Waals surface area contributed by atoms with Crippen molar-refractivity contribution in [2.24, 2.45) is 0 Å². The van der Waals surface area contributed by atoms with Crippen LogP contribution in [-0.4, -0.2) is 25.3 Å². The molecule has 0 saturated heterocycles. The standard InChI is InChI=1S/C25H31FO4/c1-8-18-15-25(5,6)30-23-14-22(28-7)19(13-20(18)23)17(4)21(26)11-10-16(3)12-24(27)29-9-2/h10-15H,8-9H2,1-7H3/b11-10+,16-12+,21-17+. The third kappa shape index (κ3) is 5.62. The van der Waals surface area contributed by atoms with Crippen molar-refractivity contribution in [3.63, 3.8) is 0 Å². The average Bonchev–Trinajstić information content (AvgIpc) is 2.69. The van der Waals surface area contributed by atoms with E-state index in [-0.39, 0.29) is 0 Å². The molecule has 1 aliphatic rings. The Morgan fingerprint density at radius 3 is 2.50 bits per heavy atom. The van der Waals surface area contributed by atoms with Gasteiger partial charge in [-0.1, -0.05) is 13.0 Å². The van der Waals surface area contributed by atoms with Crippen LogP contribution >= 0.6 is 0 Å². The highest BCUT2D eigenvalue weighted by Gasteiger charge is 2.27. The number of fused-ring (bicyclic) bond motifs is 1. The van der Waals surface area contributed by atoms with E-state index in [1.807, 2.05) is 26.0 Å². The van der Waals surface area contributed by atoms with E-state index in [0.717, 1.165) is 23.3 Å². The van der Waals surface area contributed by atoms with Crippen molar-refractivity contribution in [2.45, 2.75) is 53.6 Å². The molecule has 30 heavy (non-hydrogen) atoms. The summed E-state index contributed by atoms with van der Waals surface area (Å²) < 4.78 is 31.4. The maximum absolute atomic E-state index is 14.9. The number of carbonyl (C=O) groups is 1. The molecule has 0 atom stereocenters. The molecular weight excluding hydrogens is 383 g/mol. The fraction of sp³-hybridized carbons (Fsp3) is 0.400. The molecule has 1 heterocycles. The van der Waals surface area contributed by atoms with Crippen LogP contribution in [0.4, 0.5) is 4.39 Å². The number of hydrogen-bond acceptors (Lipinski definition) is 4. The molecular formula is C25H31FO4. The van der Waals surface area contributed by atoms with E-state index in [1.54, 1.807) is 34.0 Å². The molecule has 1 aromatic rings. The first kappa shape index (κ1) is 23.5. The fourth-order valence-electron chi connectivity index (χ4n) is 3.34. The summed E-state index contributed by atoms with van der Waals surface area (Å²) in [6.45, 7) is 11.6. The first-order valence-corrected chi connectivity index (χ1v) is 10.1. The Labute approximate surface area is 178 Å². The summed E-state index contributed by atoms with van der Waals surface area (Å²) in [6.07, 6.45) is 7.16. The Kier molecular flexibility index (Phi) is 7.65. The lowest BCUT2D eigenvalue weighted by Crippen LogP contribution is -2.29. The Morgan fingerprint density at radius 2 is 1.90 bits per heavy atom. The van der Waals surface area contributed by atoms with Crippen LogP contribution in [0.2, 0.25) is 0 Å². The van der Waals surface area contributed by atoms with Gasteiger partial charge in [0.05, 0.1) is 13.7 Å². The molecule has 0 unspecified atom stereocenters. The Balaban J connectivity index is 2.45. The Morgan fingerprint density at radius 1 is 1.20 bits per heavy atom. The third-order valence-corrected chi connectivity index (χ3v) is 4.81. The van der Waals surface area contributed by atoms with E-state index >= 15 is 0 Å². The molecule has 0 bridgehead atoms. The number of halogens is 1. The number of hydrogen-bond donors (Lipinski definition) is 0. The Bertz CT molecular complexity index is 933. The molecule has 0 aromatic heterocycles. The summed E-state index contributed by atoms with van der Waals surface area (Å²) in [4.78, 5) is 11.5. The van der Waals surface area contributed by atoms with Gasteiger partial charge in [-0.25, -0.2) is 9.18 Å². The van der Waals surface area contributed by atoms with E-state index < -0.39 is 17.4 Å². The lowest BCUT2D eigenvalue weighted by atomic mass is 9.90. The van der Waals surface area contributed by atoms with E-state index in [2.05, 4.69) is 13.0 Å². The fourth-order valence-corrected chi connectivity index (χ4v) is 3.34. The Hall–Kier alpha value is -2.82. The van der Waals surface area contributed by atoms with Gasteiger partial charge < -0.3 is 14.2 Å². The van der Waals surface area contributed by atoms with Gasteiger partial charge in [0.25, 0.3) is 0 Å². The lowest BCUT2D eigenvalue weighted by molar-refractivity contribution is -0.137. The monoisotopic (exact) mass is 414 g/mol. The largest absolute Gasteiger partial charge is 0.496 e. The van der Waals surface area contributed by atoms with E-state index in [4.69, 9.17) is 14.2 Å². The molecule has 0 spiro atoms. The zero-order valence-corrected chi connectivity index (χ0v) is 18.9. The summed E-state index contributed by atoms with van der Waals surface area (Å²) in [5.74, 6) is 0.418. The predicted octanol–water partition coefficient (Wildman–Crippen LogP) is 6.43. The molecule has 0 N–H and O–H groups in total. The van der Waals surface area contributed by atoms with Gasteiger partial charge in [-0.05, 0) is 76.0 Å². The normalized spacial score (nSPS) is 16.4. The van der Waals surface area contributed by atoms with Gasteiger partial charge in [0.15, 0.2) is 0 Å². The average molecular weight is 415 g/mol. The van der Waals surface area contributed by atoms with Crippen LogP contribution in [0.3, 0.4) is 0 Å². The summed E-state index contributed by atoms with van der Waals surface area (Å²) >= 11 is 0. The maximum atomic E-state index is 14.9. The molecule has 5 heteroatoms. The summed E-state index contributed by atoms with van der Waals surface area (Å²) in [7, 11) is 1.56.